The number of hydrogen-bond donors (Lipinski definition) is 0. The van der Waals surface area contributed by atoms with Gasteiger partial charge in [-0.3, -0.25) is 9.48 Å². The van der Waals surface area contributed by atoms with Gasteiger partial charge in [-0.05, 0) is 25.9 Å². The van der Waals surface area contributed by atoms with E-state index in [1.54, 1.807) is 10.9 Å². The molecule has 82 valence electrons. The third kappa shape index (κ3) is 2.45. The highest BCUT2D eigenvalue weighted by Gasteiger charge is 2.13. The van der Waals surface area contributed by atoms with Crippen molar-refractivity contribution in [2.75, 3.05) is 19.6 Å². The molecule has 4 nitrogen and oxygen atoms in total. The molecule has 2 heterocycles. The third-order valence-corrected chi connectivity index (χ3v) is 2.93. The Balaban J connectivity index is 1.94. The predicted molar refractivity (Wildman–Crippen MR) is 58.0 cm³/mol. The van der Waals surface area contributed by atoms with Gasteiger partial charge in [-0.15, -0.1) is 0 Å². The molecule has 0 atom stereocenters. The number of aromatic nitrogens is 2. The molecule has 0 N–H and O–H groups in total. The van der Waals surface area contributed by atoms with Crippen molar-refractivity contribution in [3.8, 4) is 0 Å². The number of likely N-dealkylation sites (tertiary alicyclic amines) is 1. The van der Waals surface area contributed by atoms with Crippen molar-refractivity contribution in [2.24, 2.45) is 7.05 Å². The Morgan fingerprint density at radius 1 is 1.47 bits per heavy atom. The van der Waals surface area contributed by atoms with Crippen LogP contribution >= 0.6 is 0 Å². The van der Waals surface area contributed by atoms with Gasteiger partial charge in [-0.2, -0.15) is 5.10 Å². The summed E-state index contributed by atoms with van der Waals surface area (Å²) in [5.74, 6) is 0. The van der Waals surface area contributed by atoms with E-state index in [-0.39, 0.29) is 0 Å². The number of rotatable bonds is 4. The number of aldehydes is 1. The Kier molecular flexibility index (Phi) is 3.16. The average Bonchev–Trinajstić information content (AvgIpc) is 2.83. The second kappa shape index (κ2) is 4.57. The molecule has 2 rings (SSSR count). The molecule has 0 unspecified atom stereocenters. The normalized spacial score (nSPS) is 17.1. The van der Waals surface area contributed by atoms with Crippen LogP contribution in [0.15, 0.2) is 6.20 Å². The van der Waals surface area contributed by atoms with Gasteiger partial charge in [0, 0.05) is 26.2 Å². The molecule has 1 saturated heterocycles. The van der Waals surface area contributed by atoms with E-state index in [4.69, 9.17) is 0 Å². The van der Waals surface area contributed by atoms with Crippen molar-refractivity contribution >= 4 is 6.29 Å². The lowest BCUT2D eigenvalue weighted by molar-refractivity contribution is 0.112. The molecule has 1 fully saturated rings. The molecule has 15 heavy (non-hydrogen) atoms. The predicted octanol–water partition coefficient (Wildman–Crippen LogP) is 0.871. The summed E-state index contributed by atoms with van der Waals surface area (Å²) in [6.45, 7) is 3.42. The quantitative estimate of drug-likeness (QED) is 0.688. The first-order chi connectivity index (χ1) is 7.29. The lowest BCUT2D eigenvalue weighted by Gasteiger charge is -2.12. The summed E-state index contributed by atoms with van der Waals surface area (Å²) in [6, 6.07) is 0. The third-order valence-electron chi connectivity index (χ3n) is 2.93. The Labute approximate surface area is 89.9 Å². The summed E-state index contributed by atoms with van der Waals surface area (Å²) in [5.41, 5.74) is 1.66. The van der Waals surface area contributed by atoms with Crippen LogP contribution in [0.4, 0.5) is 0 Å². The van der Waals surface area contributed by atoms with Crippen LogP contribution in [0, 0.1) is 0 Å². The van der Waals surface area contributed by atoms with Gasteiger partial charge in [-0.1, -0.05) is 0 Å². The van der Waals surface area contributed by atoms with E-state index in [1.165, 1.54) is 25.9 Å². The van der Waals surface area contributed by atoms with E-state index in [0.29, 0.717) is 0 Å². The van der Waals surface area contributed by atoms with Crippen LogP contribution in [0.2, 0.25) is 0 Å². The zero-order valence-electron chi connectivity index (χ0n) is 9.15. The van der Waals surface area contributed by atoms with Gasteiger partial charge >= 0.3 is 0 Å². The van der Waals surface area contributed by atoms with Crippen LogP contribution in [0.3, 0.4) is 0 Å². The SMILES string of the molecule is Cn1cc(C=O)c(CCN2CCCC2)n1. The fraction of sp³-hybridized carbons (Fsp3) is 0.636. The summed E-state index contributed by atoms with van der Waals surface area (Å²) in [4.78, 5) is 13.2. The number of carbonyl (C=O) groups is 1. The van der Waals surface area contributed by atoms with E-state index in [0.717, 1.165) is 30.5 Å². The van der Waals surface area contributed by atoms with Gasteiger partial charge in [0.2, 0.25) is 0 Å². The summed E-state index contributed by atoms with van der Waals surface area (Å²) >= 11 is 0. The molecule has 1 aliphatic rings. The minimum atomic E-state index is 0.733. The maximum absolute atomic E-state index is 10.8. The molecule has 0 spiro atoms. The van der Waals surface area contributed by atoms with E-state index >= 15 is 0 Å². The van der Waals surface area contributed by atoms with Gasteiger partial charge in [0.1, 0.15) is 0 Å². The highest BCUT2D eigenvalue weighted by atomic mass is 16.1. The second-order valence-corrected chi connectivity index (χ2v) is 4.12. The fourth-order valence-electron chi connectivity index (χ4n) is 2.12. The topological polar surface area (TPSA) is 38.1 Å². The monoisotopic (exact) mass is 207 g/mol. The van der Waals surface area contributed by atoms with Crippen molar-refractivity contribution in [2.45, 2.75) is 19.3 Å². The highest BCUT2D eigenvalue weighted by molar-refractivity contribution is 5.75. The van der Waals surface area contributed by atoms with Crippen molar-refractivity contribution < 1.29 is 4.79 Å². The van der Waals surface area contributed by atoms with Crippen LogP contribution in [0.25, 0.3) is 0 Å². The number of carbonyl (C=O) groups excluding carboxylic acids is 1. The van der Waals surface area contributed by atoms with Gasteiger partial charge in [-0.25, -0.2) is 0 Å². The molecule has 0 saturated carbocycles. The van der Waals surface area contributed by atoms with Gasteiger partial charge in [0.05, 0.1) is 11.3 Å². The lowest BCUT2D eigenvalue weighted by Crippen LogP contribution is -2.22. The van der Waals surface area contributed by atoms with E-state index in [1.807, 2.05) is 7.05 Å². The van der Waals surface area contributed by atoms with Gasteiger partial charge in [0.15, 0.2) is 6.29 Å². The van der Waals surface area contributed by atoms with Crippen molar-refractivity contribution in [1.82, 2.24) is 14.7 Å². The molecule has 0 bridgehead atoms. The van der Waals surface area contributed by atoms with Gasteiger partial charge < -0.3 is 4.90 Å². The smallest absolute Gasteiger partial charge is 0.153 e. The number of hydrogen-bond acceptors (Lipinski definition) is 3. The molecule has 0 aliphatic carbocycles. The average molecular weight is 207 g/mol. The molecule has 1 aromatic rings. The first-order valence-electron chi connectivity index (χ1n) is 5.49. The molecule has 4 heteroatoms. The van der Waals surface area contributed by atoms with Crippen LogP contribution in [0.1, 0.15) is 28.9 Å². The van der Waals surface area contributed by atoms with Crippen LogP contribution < -0.4 is 0 Å². The largest absolute Gasteiger partial charge is 0.303 e. The molecule has 0 amide bonds. The Morgan fingerprint density at radius 2 is 2.20 bits per heavy atom. The zero-order valence-corrected chi connectivity index (χ0v) is 9.15. The first-order valence-corrected chi connectivity index (χ1v) is 5.49. The van der Waals surface area contributed by atoms with Crippen molar-refractivity contribution in [3.63, 3.8) is 0 Å². The summed E-state index contributed by atoms with van der Waals surface area (Å²) < 4.78 is 1.71. The zero-order chi connectivity index (χ0) is 10.7. The van der Waals surface area contributed by atoms with Crippen LogP contribution in [-0.2, 0) is 13.5 Å². The van der Waals surface area contributed by atoms with Crippen molar-refractivity contribution in [3.05, 3.63) is 17.5 Å². The Morgan fingerprint density at radius 3 is 2.87 bits per heavy atom. The molecule has 1 aliphatic heterocycles. The number of nitrogens with zero attached hydrogens (tertiary/aromatic N) is 3. The first kappa shape index (κ1) is 10.4. The second-order valence-electron chi connectivity index (χ2n) is 4.12. The number of aryl methyl sites for hydroxylation is 1. The Bertz CT molecular complexity index is 340. The lowest BCUT2D eigenvalue weighted by atomic mass is 10.2. The maximum atomic E-state index is 10.8. The molecular weight excluding hydrogens is 190 g/mol. The molecule has 0 aromatic carbocycles. The van der Waals surface area contributed by atoms with Crippen LogP contribution in [0.5, 0.6) is 0 Å². The van der Waals surface area contributed by atoms with Crippen LogP contribution in [-0.4, -0.2) is 40.6 Å². The minimum absolute atomic E-state index is 0.733. The minimum Gasteiger partial charge on any atom is -0.303 e. The van der Waals surface area contributed by atoms with E-state index in [2.05, 4.69) is 10.00 Å². The molecule has 0 radical (unpaired) electrons. The Hall–Kier alpha value is -1.16. The summed E-state index contributed by atoms with van der Waals surface area (Å²) in [7, 11) is 1.85. The fourth-order valence-corrected chi connectivity index (χ4v) is 2.12. The summed E-state index contributed by atoms with van der Waals surface area (Å²) in [6.07, 6.45) is 6.18. The summed E-state index contributed by atoms with van der Waals surface area (Å²) in [5, 5.41) is 4.30. The van der Waals surface area contributed by atoms with Gasteiger partial charge in [0.25, 0.3) is 0 Å². The standard InChI is InChI=1S/C11H17N3O/c1-13-8-10(9-15)11(12-13)4-7-14-5-2-3-6-14/h8-9H,2-7H2,1H3. The molecule has 1 aromatic heterocycles. The maximum Gasteiger partial charge on any atom is 0.153 e. The van der Waals surface area contributed by atoms with E-state index < -0.39 is 0 Å². The highest BCUT2D eigenvalue weighted by Crippen LogP contribution is 2.10. The molecular formula is C11H17N3O. The van der Waals surface area contributed by atoms with Crippen molar-refractivity contribution in [1.29, 1.82) is 0 Å². The van der Waals surface area contributed by atoms with E-state index in [9.17, 15) is 4.79 Å².